The summed E-state index contributed by atoms with van der Waals surface area (Å²) in [6, 6.07) is 5.49. The number of benzene rings is 1. The van der Waals surface area contributed by atoms with Gasteiger partial charge in [0.2, 0.25) is 5.91 Å². The van der Waals surface area contributed by atoms with Gasteiger partial charge in [0.15, 0.2) is 0 Å². The van der Waals surface area contributed by atoms with Crippen molar-refractivity contribution in [2.45, 2.75) is 64.0 Å². The Labute approximate surface area is 199 Å². The first-order chi connectivity index (χ1) is 16.2. The summed E-state index contributed by atoms with van der Waals surface area (Å²) in [5.74, 6) is 0.600. The quantitative estimate of drug-likeness (QED) is 0.697. The zero-order valence-corrected chi connectivity index (χ0v) is 20.1. The van der Waals surface area contributed by atoms with Crippen LogP contribution >= 0.6 is 0 Å². The van der Waals surface area contributed by atoms with E-state index in [2.05, 4.69) is 12.6 Å². The summed E-state index contributed by atoms with van der Waals surface area (Å²) in [6.07, 6.45) is 4.40. The van der Waals surface area contributed by atoms with Gasteiger partial charge in [-0.25, -0.2) is 9.48 Å². The highest BCUT2D eigenvalue weighted by molar-refractivity contribution is 5.87. The Hall–Kier alpha value is -3.29. The lowest BCUT2D eigenvalue weighted by atomic mass is 9.96. The maximum absolute atomic E-state index is 13.1. The number of carbonyl (C=O) groups excluding carboxylic acids is 2. The number of rotatable bonds is 3. The number of nitrogens with zero attached hydrogens (tertiary/aromatic N) is 4. The third kappa shape index (κ3) is 4.06. The van der Waals surface area contributed by atoms with Crippen LogP contribution in [0.3, 0.4) is 0 Å². The number of aromatic nitrogens is 2. The number of aromatic hydroxyl groups is 1. The van der Waals surface area contributed by atoms with Crippen LogP contribution in [0.1, 0.15) is 68.1 Å². The van der Waals surface area contributed by atoms with E-state index in [1.165, 1.54) is 18.9 Å². The van der Waals surface area contributed by atoms with Gasteiger partial charge in [0, 0.05) is 38.0 Å². The van der Waals surface area contributed by atoms with E-state index in [0.29, 0.717) is 44.1 Å². The first-order valence-electron chi connectivity index (χ1n) is 12.0. The van der Waals surface area contributed by atoms with E-state index in [4.69, 9.17) is 9.84 Å². The second-order valence-electron chi connectivity index (χ2n) is 10.4. The number of phenolic OH excluding ortho intramolecular Hbond substituents is 1. The fourth-order valence-corrected chi connectivity index (χ4v) is 5.05. The minimum atomic E-state index is -0.624. The summed E-state index contributed by atoms with van der Waals surface area (Å²) in [6.45, 7) is 10.4. The molecule has 2 aromatic rings. The Morgan fingerprint density at radius 3 is 2.62 bits per heavy atom. The molecule has 2 amide bonds. The second kappa shape index (κ2) is 8.18. The summed E-state index contributed by atoms with van der Waals surface area (Å²) in [5, 5.41) is 15.7. The van der Waals surface area contributed by atoms with E-state index < -0.39 is 11.7 Å². The number of hydrogen-bond acceptors (Lipinski definition) is 5. The van der Waals surface area contributed by atoms with Crippen molar-refractivity contribution in [1.29, 1.82) is 0 Å². The normalized spacial score (nSPS) is 19.9. The van der Waals surface area contributed by atoms with Crippen LogP contribution in [0.25, 0.3) is 5.69 Å². The van der Waals surface area contributed by atoms with E-state index in [9.17, 15) is 14.7 Å². The third-order valence-electron chi connectivity index (χ3n) is 6.80. The maximum atomic E-state index is 13.1. The largest absolute Gasteiger partial charge is 0.506 e. The Bertz CT molecular complexity index is 1160. The van der Waals surface area contributed by atoms with E-state index in [-0.39, 0.29) is 17.7 Å². The lowest BCUT2D eigenvalue weighted by Crippen LogP contribution is -2.47. The molecule has 8 heteroatoms. The predicted molar refractivity (Wildman–Crippen MR) is 127 cm³/mol. The molecule has 1 aromatic heterocycles. The molecule has 1 aliphatic carbocycles. The number of carbonyl (C=O) groups is 2. The zero-order chi connectivity index (χ0) is 24.2. The van der Waals surface area contributed by atoms with Crippen LogP contribution in [0, 0.1) is 0 Å². The van der Waals surface area contributed by atoms with Gasteiger partial charge < -0.3 is 14.7 Å². The fraction of sp³-hybridized carbons (Fsp3) is 0.500. The minimum absolute atomic E-state index is 0.164. The molecule has 180 valence electrons. The lowest BCUT2D eigenvalue weighted by molar-refractivity contribution is -0.126. The number of ether oxygens (including phenoxy) is 1. The molecule has 3 aliphatic rings. The molecule has 1 fully saturated rings. The Kier molecular flexibility index (Phi) is 5.41. The summed E-state index contributed by atoms with van der Waals surface area (Å²) < 4.78 is 7.53. The molecule has 0 radical (unpaired) electrons. The van der Waals surface area contributed by atoms with Crippen LogP contribution in [-0.4, -0.2) is 61.9 Å². The van der Waals surface area contributed by atoms with Gasteiger partial charge in [-0.2, -0.15) is 5.10 Å². The average molecular weight is 465 g/mol. The summed E-state index contributed by atoms with van der Waals surface area (Å²) in [4.78, 5) is 29.1. The average Bonchev–Trinajstić information content (AvgIpc) is 3.58. The van der Waals surface area contributed by atoms with Crippen molar-refractivity contribution in [3.63, 3.8) is 0 Å². The van der Waals surface area contributed by atoms with Crippen LogP contribution < -0.4 is 0 Å². The van der Waals surface area contributed by atoms with Gasteiger partial charge >= 0.3 is 6.09 Å². The number of hydrogen-bond donors (Lipinski definition) is 1. The van der Waals surface area contributed by atoms with Crippen LogP contribution in [0.15, 0.2) is 30.9 Å². The van der Waals surface area contributed by atoms with Crippen molar-refractivity contribution in [2.24, 2.45) is 0 Å². The monoisotopic (exact) mass is 464 g/mol. The predicted octanol–water partition coefficient (Wildman–Crippen LogP) is 3.86. The Morgan fingerprint density at radius 2 is 1.97 bits per heavy atom. The summed E-state index contributed by atoms with van der Waals surface area (Å²) in [5.41, 5.74) is 3.97. The van der Waals surface area contributed by atoms with Gasteiger partial charge in [-0.15, -0.1) is 0 Å². The van der Waals surface area contributed by atoms with Crippen LogP contribution in [-0.2, 0) is 22.4 Å². The van der Waals surface area contributed by atoms with Gasteiger partial charge in [-0.05, 0) is 63.3 Å². The highest BCUT2D eigenvalue weighted by atomic mass is 16.6. The van der Waals surface area contributed by atoms with Crippen molar-refractivity contribution in [2.75, 3.05) is 19.6 Å². The molecule has 0 spiro atoms. The first kappa shape index (κ1) is 22.5. The number of phenols is 1. The van der Waals surface area contributed by atoms with Gasteiger partial charge in [0.05, 0.1) is 17.4 Å². The Balaban J connectivity index is 1.56. The molecule has 1 N–H and O–H groups in total. The molecule has 34 heavy (non-hydrogen) atoms. The molecular weight excluding hydrogens is 432 g/mol. The van der Waals surface area contributed by atoms with Gasteiger partial charge in [0.1, 0.15) is 17.0 Å². The van der Waals surface area contributed by atoms with Crippen LogP contribution in [0.4, 0.5) is 4.79 Å². The Morgan fingerprint density at radius 1 is 1.21 bits per heavy atom. The van der Waals surface area contributed by atoms with Crippen LogP contribution in [0.2, 0.25) is 0 Å². The van der Waals surface area contributed by atoms with Crippen molar-refractivity contribution in [3.8, 4) is 11.4 Å². The highest BCUT2D eigenvalue weighted by Gasteiger charge is 2.41. The zero-order valence-electron chi connectivity index (χ0n) is 20.1. The molecule has 5 rings (SSSR count). The topological polar surface area (TPSA) is 87.9 Å². The van der Waals surface area contributed by atoms with E-state index in [0.717, 1.165) is 22.5 Å². The van der Waals surface area contributed by atoms with E-state index >= 15 is 0 Å². The molecule has 1 unspecified atom stereocenters. The third-order valence-corrected chi connectivity index (χ3v) is 6.80. The molecule has 1 atom stereocenters. The SMILES string of the molecule is C=CC(=O)N1CCc2nn(-c3ccc(C4CC4)cc3O)c3c2C(C1)N(C(=O)OC(C)(C)C)CC3. The molecule has 0 bridgehead atoms. The summed E-state index contributed by atoms with van der Waals surface area (Å²) in [7, 11) is 0. The maximum Gasteiger partial charge on any atom is 0.410 e. The second-order valence-corrected chi connectivity index (χ2v) is 10.4. The molecule has 8 nitrogen and oxygen atoms in total. The standard InChI is InChI=1S/C26H32N4O4/c1-5-23(32)28-12-10-18-24-20(11-13-29(21(24)15-28)25(33)34-26(2,3)4)30(27-18)19-9-8-17(14-22(19)31)16-6-7-16/h5,8-9,14,16,21,31H,1,6-7,10-13,15H2,2-4H3. The highest BCUT2D eigenvalue weighted by Crippen LogP contribution is 2.43. The number of amides is 2. The lowest BCUT2D eigenvalue weighted by Gasteiger charge is -2.38. The molecule has 1 aromatic carbocycles. The smallest absolute Gasteiger partial charge is 0.410 e. The molecule has 1 saturated carbocycles. The van der Waals surface area contributed by atoms with Gasteiger partial charge in [0.25, 0.3) is 0 Å². The van der Waals surface area contributed by atoms with Crippen molar-refractivity contribution in [1.82, 2.24) is 19.6 Å². The minimum Gasteiger partial charge on any atom is -0.506 e. The van der Waals surface area contributed by atoms with Crippen molar-refractivity contribution >= 4 is 12.0 Å². The molecular formula is C26H32N4O4. The molecule has 3 heterocycles. The molecule has 0 saturated heterocycles. The fourth-order valence-electron chi connectivity index (χ4n) is 5.05. The van der Waals surface area contributed by atoms with E-state index in [1.54, 1.807) is 9.80 Å². The summed E-state index contributed by atoms with van der Waals surface area (Å²) >= 11 is 0. The first-order valence-corrected chi connectivity index (χ1v) is 12.0. The van der Waals surface area contributed by atoms with Crippen molar-refractivity contribution in [3.05, 3.63) is 53.4 Å². The van der Waals surface area contributed by atoms with Gasteiger partial charge in [-0.3, -0.25) is 9.69 Å². The van der Waals surface area contributed by atoms with E-state index in [1.807, 2.05) is 37.6 Å². The molecule has 2 aliphatic heterocycles. The van der Waals surface area contributed by atoms with Gasteiger partial charge in [-0.1, -0.05) is 12.6 Å². The van der Waals surface area contributed by atoms with Crippen molar-refractivity contribution < 1.29 is 19.4 Å². The van der Waals surface area contributed by atoms with Crippen LogP contribution in [0.5, 0.6) is 5.75 Å².